The van der Waals surface area contributed by atoms with E-state index in [2.05, 4.69) is 5.32 Å². The third-order valence-corrected chi connectivity index (χ3v) is 4.30. The summed E-state index contributed by atoms with van der Waals surface area (Å²) >= 11 is 0. The number of rotatable bonds is 2. The third-order valence-electron chi connectivity index (χ3n) is 4.30. The van der Waals surface area contributed by atoms with Crippen LogP contribution in [-0.4, -0.2) is 35.6 Å². The number of carbonyl (C=O) groups is 2. The quantitative estimate of drug-likeness (QED) is 0.845. The molecule has 0 aromatic heterocycles. The highest BCUT2D eigenvalue weighted by Gasteiger charge is 2.42. The zero-order valence-electron chi connectivity index (χ0n) is 11.4. The van der Waals surface area contributed by atoms with Gasteiger partial charge in [0, 0.05) is 12.1 Å². The first kappa shape index (κ1) is 13.1. The van der Waals surface area contributed by atoms with E-state index < -0.39 is 12.0 Å². The average Bonchev–Trinajstić information content (AvgIpc) is 3.01. The second-order valence-corrected chi connectivity index (χ2v) is 5.59. The Hall–Kier alpha value is -1.88. The van der Waals surface area contributed by atoms with Crippen molar-refractivity contribution in [2.75, 3.05) is 11.4 Å². The van der Waals surface area contributed by atoms with Crippen molar-refractivity contribution < 1.29 is 14.7 Å². The number of fused-ring (bicyclic) bond motifs is 1. The molecule has 1 aromatic rings. The molecule has 1 aromatic carbocycles. The summed E-state index contributed by atoms with van der Waals surface area (Å²) in [5.74, 6) is -0.822. The van der Waals surface area contributed by atoms with Crippen molar-refractivity contribution in [3.05, 3.63) is 29.8 Å². The number of anilines is 1. The van der Waals surface area contributed by atoms with Crippen LogP contribution in [0.5, 0.6) is 0 Å². The van der Waals surface area contributed by atoms with Gasteiger partial charge in [-0.3, -0.25) is 9.69 Å². The van der Waals surface area contributed by atoms with E-state index in [1.54, 1.807) is 0 Å². The molecule has 1 fully saturated rings. The fraction of sp³-hybridized carbons (Fsp3) is 0.467. The lowest BCUT2D eigenvalue weighted by Gasteiger charge is -2.27. The average molecular weight is 274 g/mol. The lowest BCUT2D eigenvalue weighted by Crippen LogP contribution is -2.51. The monoisotopic (exact) mass is 274 g/mol. The van der Waals surface area contributed by atoms with E-state index in [0.717, 1.165) is 24.2 Å². The first-order valence-electron chi connectivity index (χ1n) is 6.96. The van der Waals surface area contributed by atoms with Gasteiger partial charge in [-0.05, 0) is 30.5 Å². The fourth-order valence-electron chi connectivity index (χ4n) is 3.17. The fourth-order valence-corrected chi connectivity index (χ4v) is 3.17. The molecule has 1 amide bonds. The van der Waals surface area contributed by atoms with E-state index in [0.29, 0.717) is 6.42 Å². The molecule has 5 nitrogen and oxygen atoms in total. The van der Waals surface area contributed by atoms with Gasteiger partial charge < -0.3 is 10.4 Å². The molecule has 20 heavy (non-hydrogen) atoms. The topological polar surface area (TPSA) is 69.6 Å². The van der Waals surface area contributed by atoms with E-state index in [1.165, 1.54) is 4.90 Å². The molecule has 0 spiro atoms. The largest absolute Gasteiger partial charge is 0.480 e. The molecule has 2 N–H and O–H groups in total. The molecule has 0 saturated carbocycles. The zero-order chi connectivity index (χ0) is 14.3. The molecule has 1 saturated heterocycles. The van der Waals surface area contributed by atoms with Gasteiger partial charge in [0.25, 0.3) is 0 Å². The van der Waals surface area contributed by atoms with Gasteiger partial charge in [0.2, 0.25) is 5.91 Å². The Labute approximate surface area is 117 Å². The van der Waals surface area contributed by atoms with Crippen molar-refractivity contribution >= 4 is 17.6 Å². The summed E-state index contributed by atoms with van der Waals surface area (Å²) in [6.45, 7) is 2.84. The number of para-hydroxylation sites is 1. The van der Waals surface area contributed by atoms with Crippen LogP contribution >= 0.6 is 0 Å². The predicted molar refractivity (Wildman–Crippen MR) is 74.6 cm³/mol. The smallest absolute Gasteiger partial charge is 0.327 e. The Bertz CT molecular complexity index is 558. The summed E-state index contributed by atoms with van der Waals surface area (Å²) in [6, 6.07) is 6.38. The predicted octanol–water partition coefficient (Wildman–Crippen LogP) is 1.03. The number of nitrogens with one attached hydrogen (secondary N) is 1. The van der Waals surface area contributed by atoms with Crippen molar-refractivity contribution in [2.45, 2.75) is 31.8 Å². The van der Waals surface area contributed by atoms with Crippen molar-refractivity contribution in [1.29, 1.82) is 0 Å². The van der Waals surface area contributed by atoms with Gasteiger partial charge in [0.05, 0.1) is 6.04 Å². The number of carboxylic acid groups (broad SMARTS) is 1. The summed E-state index contributed by atoms with van der Waals surface area (Å²) in [4.78, 5) is 25.7. The van der Waals surface area contributed by atoms with E-state index in [1.807, 2.05) is 31.2 Å². The minimum absolute atomic E-state index is 0.118. The first-order chi connectivity index (χ1) is 9.59. The summed E-state index contributed by atoms with van der Waals surface area (Å²) < 4.78 is 0. The maximum Gasteiger partial charge on any atom is 0.327 e. The maximum absolute atomic E-state index is 12.7. The Morgan fingerprint density at radius 1 is 1.35 bits per heavy atom. The summed E-state index contributed by atoms with van der Waals surface area (Å²) in [5, 5.41) is 12.6. The molecule has 2 aliphatic heterocycles. The number of nitrogens with zero attached hydrogens (tertiary/aromatic N) is 1. The summed E-state index contributed by atoms with van der Waals surface area (Å²) in [6.07, 6.45) is 1.34. The SMILES string of the molecule is CC1CCNC1C(=O)N1c2ccccc2CC1C(=O)O. The molecular weight excluding hydrogens is 256 g/mol. The highest BCUT2D eigenvalue weighted by molar-refractivity contribution is 6.04. The van der Waals surface area contributed by atoms with E-state index in [-0.39, 0.29) is 17.9 Å². The molecule has 5 heteroatoms. The van der Waals surface area contributed by atoms with Crippen molar-refractivity contribution in [3.8, 4) is 0 Å². The highest BCUT2D eigenvalue weighted by Crippen LogP contribution is 2.34. The normalized spacial score (nSPS) is 28.4. The number of carboxylic acids is 1. The lowest BCUT2D eigenvalue weighted by atomic mass is 10.0. The second-order valence-electron chi connectivity index (χ2n) is 5.59. The number of carbonyl (C=O) groups excluding carboxylic acids is 1. The lowest BCUT2D eigenvalue weighted by molar-refractivity contribution is -0.140. The van der Waals surface area contributed by atoms with Gasteiger partial charge >= 0.3 is 5.97 Å². The molecule has 3 unspecified atom stereocenters. The van der Waals surface area contributed by atoms with Crippen LogP contribution < -0.4 is 10.2 Å². The van der Waals surface area contributed by atoms with Crippen LogP contribution in [0.25, 0.3) is 0 Å². The number of benzene rings is 1. The van der Waals surface area contributed by atoms with Crippen LogP contribution in [0.1, 0.15) is 18.9 Å². The van der Waals surface area contributed by atoms with Gasteiger partial charge in [-0.1, -0.05) is 25.1 Å². The van der Waals surface area contributed by atoms with Crippen molar-refractivity contribution in [2.24, 2.45) is 5.92 Å². The Morgan fingerprint density at radius 2 is 2.10 bits per heavy atom. The van der Waals surface area contributed by atoms with Crippen LogP contribution in [0.15, 0.2) is 24.3 Å². The van der Waals surface area contributed by atoms with Crippen LogP contribution in [0.4, 0.5) is 5.69 Å². The van der Waals surface area contributed by atoms with Crippen LogP contribution in [0.2, 0.25) is 0 Å². The minimum atomic E-state index is -0.944. The molecule has 3 rings (SSSR count). The standard InChI is InChI=1S/C15H18N2O3/c1-9-6-7-16-13(9)14(18)17-11-5-3-2-4-10(11)8-12(17)15(19)20/h2-5,9,12-13,16H,6-8H2,1H3,(H,19,20). The Balaban J connectivity index is 1.96. The van der Waals surface area contributed by atoms with Gasteiger partial charge in [-0.15, -0.1) is 0 Å². The van der Waals surface area contributed by atoms with E-state index in [9.17, 15) is 14.7 Å². The summed E-state index contributed by atoms with van der Waals surface area (Å²) in [7, 11) is 0. The zero-order valence-corrected chi connectivity index (χ0v) is 11.4. The van der Waals surface area contributed by atoms with Crippen LogP contribution in [0.3, 0.4) is 0 Å². The van der Waals surface area contributed by atoms with Crippen molar-refractivity contribution in [3.63, 3.8) is 0 Å². The summed E-state index contributed by atoms with van der Waals surface area (Å²) in [5.41, 5.74) is 1.67. The molecule has 3 atom stereocenters. The maximum atomic E-state index is 12.7. The molecular formula is C15H18N2O3. The third kappa shape index (κ3) is 1.98. The minimum Gasteiger partial charge on any atom is -0.480 e. The highest BCUT2D eigenvalue weighted by atomic mass is 16.4. The molecule has 0 aliphatic carbocycles. The van der Waals surface area contributed by atoms with Gasteiger partial charge in [-0.2, -0.15) is 0 Å². The second kappa shape index (κ2) is 4.90. The first-order valence-corrected chi connectivity index (χ1v) is 6.96. The number of aliphatic carboxylic acids is 1. The Kier molecular flexibility index (Phi) is 3.22. The number of hydrogen-bond donors (Lipinski definition) is 2. The van der Waals surface area contributed by atoms with E-state index >= 15 is 0 Å². The van der Waals surface area contributed by atoms with Crippen molar-refractivity contribution in [1.82, 2.24) is 5.32 Å². The molecule has 2 heterocycles. The molecule has 2 aliphatic rings. The van der Waals surface area contributed by atoms with Gasteiger partial charge in [0.1, 0.15) is 6.04 Å². The number of amides is 1. The molecule has 0 radical (unpaired) electrons. The van der Waals surface area contributed by atoms with Crippen LogP contribution in [0, 0.1) is 5.92 Å². The van der Waals surface area contributed by atoms with Gasteiger partial charge in [-0.25, -0.2) is 4.79 Å². The van der Waals surface area contributed by atoms with E-state index in [4.69, 9.17) is 0 Å². The Morgan fingerprint density at radius 3 is 2.75 bits per heavy atom. The molecule has 0 bridgehead atoms. The van der Waals surface area contributed by atoms with Gasteiger partial charge in [0.15, 0.2) is 0 Å². The molecule has 106 valence electrons. The van der Waals surface area contributed by atoms with Crippen LogP contribution in [-0.2, 0) is 16.0 Å². The number of hydrogen-bond acceptors (Lipinski definition) is 3.